The van der Waals surface area contributed by atoms with Crippen molar-refractivity contribution < 1.29 is 14.7 Å². The van der Waals surface area contributed by atoms with Gasteiger partial charge >= 0.3 is 5.97 Å². The van der Waals surface area contributed by atoms with Gasteiger partial charge in [0, 0.05) is 27.2 Å². The van der Waals surface area contributed by atoms with E-state index >= 15 is 0 Å². The van der Waals surface area contributed by atoms with Crippen LogP contribution in [0.1, 0.15) is 6.92 Å². The zero-order valence-corrected chi connectivity index (χ0v) is 11.3. The molecule has 17 heavy (non-hydrogen) atoms. The van der Waals surface area contributed by atoms with Crippen LogP contribution in [0.3, 0.4) is 0 Å². The first-order chi connectivity index (χ1) is 7.75. The Hall–Kier alpha value is -1.14. The lowest BCUT2D eigenvalue weighted by Crippen LogP contribution is -2.48. The summed E-state index contributed by atoms with van der Waals surface area (Å²) in [6.07, 6.45) is 0. The molecule has 0 rings (SSSR count). The Labute approximate surface area is 103 Å². The SMILES string of the molecule is CC(C(=O)N(C)C)N(CCN(C)C)CC(=O)O. The van der Waals surface area contributed by atoms with Gasteiger partial charge in [0.05, 0.1) is 12.6 Å². The first-order valence-corrected chi connectivity index (χ1v) is 5.57. The molecule has 1 amide bonds. The van der Waals surface area contributed by atoms with Crippen molar-refractivity contribution in [2.24, 2.45) is 0 Å². The van der Waals surface area contributed by atoms with Crippen molar-refractivity contribution in [3.63, 3.8) is 0 Å². The number of carbonyl (C=O) groups is 2. The number of nitrogens with zero attached hydrogens (tertiary/aromatic N) is 3. The van der Waals surface area contributed by atoms with Gasteiger partial charge in [-0.25, -0.2) is 0 Å². The van der Waals surface area contributed by atoms with Gasteiger partial charge in [0.1, 0.15) is 0 Å². The molecule has 0 aliphatic carbocycles. The molecule has 6 nitrogen and oxygen atoms in total. The molecule has 0 spiro atoms. The van der Waals surface area contributed by atoms with Crippen LogP contribution in [0.2, 0.25) is 0 Å². The normalized spacial score (nSPS) is 12.9. The molecule has 0 aromatic rings. The number of likely N-dealkylation sites (N-methyl/N-ethyl adjacent to an activating group) is 2. The Morgan fingerprint density at radius 1 is 1.12 bits per heavy atom. The lowest BCUT2D eigenvalue weighted by molar-refractivity contribution is -0.141. The first kappa shape index (κ1) is 15.9. The van der Waals surface area contributed by atoms with Gasteiger partial charge < -0.3 is 14.9 Å². The number of carboxylic acid groups (broad SMARTS) is 1. The van der Waals surface area contributed by atoms with Crippen LogP contribution in [0.25, 0.3) is 0 Å². The van der Waals surface area contributed by atoms with Crippen LogP contribution in [-0.4, -0.2) is 85.5 Å². The average molecular weight is 245 g/mol. The maximum Gasteiger partial charge on any atom is 0.317 e. The minimum atomic E-state index is -0.915. The minimum absolute atomic E-state index is 0.0787. The first-order valence-electron chi connectivity index (χ1n) is 5.57. The van der Waals surface area contributed by atoms with Gasteiger partial charge in [-0.15, -0.1) is 0 Å². The highest BCUT2D eigenvalue weighted by molar-refractivity contribution is 5.81. The van der Waals surface area contributed by atoms with Gasteiger partial charge in [-0.1, -0.05) is 0 Å². The second-order valence-electron chi connectivity index (χ2n) is 4.58. The monoisotopic (exact) mass is 245 g/mol. The Balaban J connectivity index is 4.54. The maximum atomic E-state index is 11.8. The zero-order chi connectivity index (χ0) is 13.6. The number of hydrogen-bond donors (Lipinski definition) is 1. The molecule has 0 aromatic heterocycles. The number of aliphatic carboxylic acids is 1. The third kappa shape index (κ3) is 6.23. The van der Waals surface area contributed by atoms with E-state index in [0.29, 0.717) is 6.54 Å². The summed E-state index contributed by atoms with van der Waals surface area (Å²) in [7, 11) is 7.17. The molecule has 0 radical (unpaired) electrons. The van der Waals surface area contributed by atoms with E-state index in [1.165, 1.54) is 4.90 Å². The van der Waals surface area contributed by atoms with Gasteiger partial charge in [0.2, 0.25) is 5.91 Å². The second-order valence-corrected chi connectivity index (χ2v) is 4.58. The van der Waals surface area contributed by atoms with E-state index in [9.17, 15) is 9.59 Å². The standard InChI is InChI=1S/C11H23N3O3/c1-9(11(17)13(4)5)14(8-10(15)16)7-6-12(2)3/h9H,6-8H2,1-5H3,(H,15,16). The minimum Gasteiger partial charge on any atom is -0.480 e. The topological polar surface area (TPSA) is 64.1 Å². The van der Waals surface area contributed by atoms with Crippen molar-refractivity contribution in [2.75, 3.05) is 47.8 Å². The van der Waals surface area contributed by atoms with Crippen molar-refractivity contribution in [3.8, 4) is 0 Å². The predicted octanol–water partition coefficient (Wildman–Crippen LogP) is -0.589. The van der Waals surface area contributed by atoms with Crippen molar-refractivity contribution in [1.82, 2.24) is 14.7 Å². The number of carboxylic acids is 1. The summed E-state index contributed by atoms with van der Waals surface area (Å²) in [5, 5.41) is 8.84. The summed E-state index contributed by atoms with van der Waals surface area (Å²) < 4.78 is 0. The fourth-order valence-corrected chi connectivity index (χ4v) is 1.44. The van der Waals surface area contributed by atoms with E-state index in [2.05, 4.69) is 0 Å². The number of amides is 1. The summed E-state index contributed by atoms with van der Waals surface area (Å²) >= 11 is 0. The van der Waals surface area contributed by atoms with Gasteiger partial charge in [-0.3, -0.25) is 14.5 Å². The van der Waals surface area contributed by atoms with E-state index in [4.69, 9.17) is 5.11 Å². The van der Waals surface area contributed by atoms with E-state index < -0.39 is 12.0 Å². The number of carbonyl (C=O) groups excluding carboxylic acids is 1. The van der Waals surface area contributed by atoms with Crippen LogP contribution in [0, 0.1) is 0 Å². The molecule has 0 aliphatic rings. The lowest BCUT2D eigenvalue weighted by Gasteiger charge is -2.29. The average Bonchev–Trinajstić information content (AvgIpc) is 2.21. The van der Waals surface area contributed by atoms with Crippen molar-refractivity contribution >= 4 is 11.9 Å². The largest absolute Gasteiger partial charge is 0.480 e. The molecule has 1 unspecified atom stereocenters. The molecule has 6 heteroatoms. The highest BCUT2D eigenvalue weighted by atomic mass is 16.4. The Bertz CT molecular complexity index is 267. The summed E-state index contributed by atoms with van der Waals surface area (Å²) in [5.41, 5.74) is 0. The molecule has 0 aromatic carbocycles. The molecule has 0 bridgehead atoms. The Morgan fingerprint density at radius 2 is 1.65 bits per heavy atom. The predicted molar refractivity (Wildman–Crippen MR) is 65.9 cm³/mol. The molecular formula is C11H23N3O3. The summed E-state index contributed by atoms with van der Waals surface area (Å²) in [4.78, 5) is 27.7. The van der Waals surface area contributed by atoms with Crippen LogP contribution in [-0.2, 0) is 9.59 Å². The quantitative estimate of drug-likeness (QED) is 0.649. The van der Waals surface area contributed by atoms with Crippen LogP contribution in [0.15, 0.2) is 0 Å². The molecule has 1 atom stereocenters. The maximum absolute atomic E-state index is 11.8. The second kappa shape index (κ2) is 7.24. The third-order valence-corrected chi connectivity index (χ3v) is 2.52. The van der Waals surface area contributed by atoms with E-state index in [-0.39, 0.29) is 12.5 Å². The summed E-state index contributed by atoms with van der Waals surface area (Å²) in [5.74, 6) is -0.993. The fourth-order valence-electron chi connectivity index (χ4n) is 1.44. The van der Waals surface area contributed by atoms with Crippen LogP contribution in [0.4, 0.5) is 0 Å². The number of hydrogen-bond acceptors (Lipinski definition) is 4. The summed E-state index contributed by atoms with van der Waals surface area (Å²) in [6.45, 7) is 2.90. The number of rotatable bonds is 7. The molecule has 0 aliphatic heterocycles. The lowest BCUT2D eigenvalue weighted by atomic mass is 10.2. The molecule has 0 saturated heterocycles. The Morgan fingerprint density at radius 3 is 2.00 bits per heavy atom. The van der Waals surface area contributed by atoms with E-state index in [1.807, 2.05) is 19.0 Å². The third-order valence-electron chi connectivity index (χ3n) is 2.52. The van der Waals surface area contributed by atoms with Gasteiger partial charge in [-0.2, -0.15) is 0 Å². The molecule has 100 valence electrons. The highest BCUT2D eigenvalue weighted by Crippen LogP contribution is 2.02. The fraction of sp³-hybridized carbons (Fsp3) is 0.818. The Kier molecular flexibility index (Phi) is 6.75. The van der Waals surface area contributed by atoms with Crippen LogP contribution >= 0.6 is 0 Å². The smallest absolute Gasteiger partial charge is 0.317 e. The van der Waals surface area contributed by atoms with Gasteiger partial charge in [0.25, 0.3) is 0 Å². The van der Waals surface area contributed by atoms with Gasteiger partial charge in [0.15, 0.2) is 0 Å². The van der Waals surface area contributed by atoms with Crippen molar-refractivity contribution in [1.29, 1.82) is 0 Å². The van der Waals surface area contributed by atoms with E-state index in [0.717, 1.165) is 6.54 Å². The van der Waals surface area contributed by atoms with Crippen molar-refractivity contribution in [2.45, 2.75) is 13.0 Å². The molecule has 1 N–H and O–H groups in total. The van der Waals surface area contributed by atoms with Crippen LogP contribution in [0.5, 0.6) is 0 Å². The molecule has 0 saturated carbocycles. The van der Waals surface area contributed by atoms with Gasteiger partial charge in [-0.05, 0) is 21.0 Å². The molecule has 0 fully saturated rings. The van der Waals surface area contributed by atoms with Crippen LogP contribution < -0.4 is 0 Å². The summed E-state index contributed by atoms with van der Waals surface area (Å²) in [6, 6.07) is -0.416. The zero-order valence-electron chi connectivity index (χ0n) is 11.3. The van der Waals surface area contributed by atoms with Crippen molar-refractivity contribution in [3.05, 3.63) is 0 Å². The molecular weight excluding hydrogens is 222 g/mol. The highest BCUT2D eigenvalue weighted by Gasteiger charge is 2.24. The molecule has 0 heterocycles. The van der Waals surface area contributed by atoms with E-state index in [1.54, 1.807) is 25.9 Å².